The Labute approximate surface area is 131 Å². The quantitative estimate of drug-likeness (QED) is 0.637. The van der Waals surface area contributed by atoms with Crippen LogP contribution in [0.2, 0.25) is 0 Å². The first-order valence-corrected chi connectivity index (χ1v) is 7.54. The van der Waals surface area contributed by atoms with Gasteiger partial charge in [0.1, 0.15) is 11.9 Å². The van der Waals surface area contributed by atoms with Crippen LogP contribution in [0.1, 0.15) is 40.0 Å². The highest BCUT2D eigenvalue weighted by atomic mass is 16.2. The monoisotopic (exact) mass is 306 g/mol. The molecule has 0 unspecified atom stereocenters. The third-order valence-electron chi connectivity index (χ3n) is 3.26. The van der Waals surface area contributed by atoms with Gasteiger partial charge in [0.25, 0.3) is 0 Å². The fraction of sp³-hybridized carbons (Fsp3) is 0.562. The smallest absolute Gasteiger partial charge is 0.240 e. The molecule has 0 saturated heterocycles. The van der Waals surface area contributed by atoms with E-state index in [-0.39, 0.29) is 11.3 Å². The zero-order chi connectivity index (χ0) is 16.6. The molecule has 0 saturated carbocycles. The van der Waals surface area contributed by atoms with Crippen molar-refractivity contribution < 1.29 is 9.59 Å². The van der Waals surface area contributed by atoms with E-state index in [1.165, 1.54) is 0 Å². The van der Waals surface area contributed by atoms with E-state index < -0.39 is 11.9 Å². The Morgan fingerprint density at radius 2 is 2.00 bits per heavy atom. The number of nitrogens with two attached hydrogens (primary N) is 1. The van der Waals surface area contributed by atoms with Crippen LogP contribution in [-0.4, -0.2) is 29.4 Å². The summed E-state index contributed by atoms with van der Waals surface area (Å²) in [7, 11) is 0. The molecule has 1 aromatic rings. The molecular weight excluding hydrogens is 280 g/mol. The number of hydrogen-bond acceptors (Lipinski definition) is 4. The van der Waals surface area contributed by atoms with Crippen LogP contribution in [-0.2, 0) is 9.59 Å². The number of pyridine rings is 1. The summed E-state index contributed by atoms with van der Waals surface area (Å²) in [4.78, 5) is 27.4. The Bertz CT molecular complexity index is 483. The van der Waals surface area contributed by atoms with Gasteiger partial charge in [-0.1, -0.05) is 26.8 Å². The molecule has 1 atom stereocenters. The van der Waals surface area contributed by atoms with Crippen LogP contribution in [0.5, 0.6) is 0 Å². The Balaban J connectivity index is 2.24. The number of hydrogen-bond donors (Lipinski definition) is 3. The first-order chi connectivity index (χ1) is 10.3. The second-order valence-corrected chi connectivity index (χ2v) is 6.37. The van der Waals surface area contributed by atoms with Gasteiger partial charge in [-0.2, -0.15) is 0 Å². The molecule has 0 aliphatic heterocycles. The van der Waals surface area contributed by atoms with Crippen molar-refractivity contribution in [3.05, 3.63) is 24.4 Å². The van der Waals surface area contributed by atoms with Gasteiger partial charge in [0, 0.05) is 19.2 Å². The minimum absolute atomic E-state index is 0.142. The molecule has 1 aromatic heterocycles. The van der Waals surface area contributed by atoms with Crippen molar-refractivity contribution in [2.45, 2.75) is 46.1 Å². The van der Waals surface area contributed by atoms with Crippen molar-refractivity contribution in [2.24, 2.45) is 11.1 Å². The van der Waals surface area contributed by atoms with E-state index in [9.17, 15) is 9.59 Å². The van der Waals surface area contributed by atoms with Crippen LogP contribution < -0.4 is 16.4 Å². The standard InChI is InChI=1S/C16H26N4O2/c1-16(2,3)14(15(17)22)20-13(21)9-5-7-11-19-12-8-4-6-10-18-12/h4,6,8,10,14H,5,7,9,11H2,1-3H3,(H2,17,22)(H,18,19)(H,20,21)/t14-/m1/s1. The number of rotatable bonds is 8. The van der Waals surface area contributed by atoms with Crippen LogP contribution in [0.25, 0.3) is 0 Å². The third-order valence-corrected chi connectivity index (χ3v) is 3.26. The second kappa shape index (κ2) is 8.36. The minimum atomic E-state index is -0.647. The molecule has 6 heteroatoms. The van der Waals surface area contributed by atoms with Gasteiger partial charge in [-0.15, -0.1) is 0 Å². The lowest BCUT2D eigenvalue weighted by Crippen LogP contribution is -2.51. The number of unbranched alkanes of at least 4 members (excludes halogenated alkanes) is 1. The Morgan fingerprint density at radius 3 is 2.55 bits per heavy atom. The molecular formula is C16H26N4O2. The fourth-order valence-electron chi connectivity index (χ4n) is 2.04. The molecule has 0 spiro atoms. The summed E-state index contributed by atoms with van der Waals surface area (Å²) >= 11 is 0. The van der Waals surface area contributed by atoms with Gasteiger partial charge in [-0.25, -0.2) is 4.98 Å². The first kappa shape index (κ1) is 17.9. The molecule has 0 aromatic carbocycles. The highest BCUT2D eigenvalue weighted by Gasteiger charge is 2.30. The average Bonchev–Trinajstić information content (AvgIpc) is 2.44. The third kappa shape index (κ3) is 6.56. The van der Waals surface area contributed by atoms with Crippen molar-refractivity contribution in [3.8, 4) is 0 Å². The van der Waals surface area contributed by atoms with Crippen molar-refractivity contribution in [3.63, 3.8) is 0 Å². The van der Waals surface area contributed by atoms with Gasteiger partial charge in [0.05, 0.1) is 0 Å². The van der Waals surface area contributed by atoms with Crippen molar-refractivity contribution in [1.29, 1.82) is 0 Å². The number of carbonyl (C=O) groups is 2. The lowest BCUT2D eigenvalue weighted by atomic mass is 9.86. The van der Waals surface area contributed by atoms with Gasteiger partial charge in [-0.05, 0) is 30.4 Å². The maximum Gasteiger partial charge on any atom is 0.240 e. The minimum Gasteiger partial charge on any atom is -0.370 e. The molecule has 122 valence electrons. The topological polar surface area (TPSA) is 97.1 Å². The molecule has 0 fully saturated rings. The molecule has 2 amide bonds. The molecule has 1 rings (SSSR count). The number of nitrogens with zero attached hydrogens (tertiary/aromatic N) is 1. The summed E-state index contributed by atoms with van der Waals surface area (Å²) in [6.45, 7) is 6.38. The van der Waals surface area contributed by atoms with Crippen LogP contribution >= 0.6 is 0 Å². The maximum atomic E-state index is 11.9. The van der Waals surface area contributed by atoms with Crippen LogP contribution in [0.3, 0.4) is 0 Å². The molecule has 1 heterocycles. The number of nitrogens with one attached hydrogen (secondary N) is 2. The van der Waals surface area contributed by atoms with Gasteiger partial charge >= 0.3 is 0 Å². The Kier molecular flexibility index (Phi) is 6.82. The average molecular weight is 306 g/mol. The van der Waals surface area contributed by atoms with Crippen molar-refractivity contribution >= 4 is 17.6 Å². The Morgan fingerprint density at radius 1 is 1.27 bits per heavy atom. The highest BCUT2D eigenvalue weighted by Crippen LogP contribution is 2.19. The van der Waals surface area contributed by atoms with E-state index in [1.807, 2.05) is 39.0 Å². The zero-order valence-electron chi connectivity index (χ0n) is 13.6. The van der Waals surface area contributed by atoms with Crippen molar-refractivity contribution in [2.75, 3.05) is 11.9 Å². The maximum absolute atomic E-state index is 11.9. The number of primary amides is 1. The highest BCUT2D eigenvalue weighted by molar-refractivity contribution is 5.87. The summed E-state index contributed by atoms with van der Waals surface area (Å²) in [6, 6.07) is 5.03. The van der Waals surface area contributed by atoms with E-state index >= 15 is 0 Å². The van der Waals surface area contributed by atoms with Gasteiger partial charge in [-0.3, -0.25) is 9.59 Å². The molecule has 22 heavy (non-hydrogen) atoms. The van der Waals surface area contributed by atoms with Crippen LogP contribution in [0, 0.1) is 5.41 Å². The molecule has 0 bridgehead atoms. The number of carbonyl (C=O) groups excluding carboxylic acids is 2. The molecule has 0 aliphatic rings. The number of aromatic nitrogens is 1. The summed E-state index contributed by atoms with van der Waals surface area (Å²) in [5, 5.41) is 5.90. The predicted molar refractivity (Wildman–Crippen MR) is 87.2 cm³/mol. The first-order valence-electron chi connectivity index (χ1n) is 7.54. The zero-order valence-corrected chi connectivity index (χ0v) is 13.6. The van der Waals surface area contributed by atoms with Crippen molar-refractivity contribution in [1.82, 2.24) is 10.3 Å². The summed E-state index contributed by atoms with van der Waals surface area (Å²) < 4.78 is 0. The van der Waals surface area contributed by atoms with E-state index in [4.69, 9.17) is 5.73 Å². The van der Waals surface area contributed by atoms with E-state index in [0.717, 1.165) is 25.2 Å². The largest absolute Gasteiger partial charge is 0.370 e. The summed E-state index contributed by atoms with van der Waals surface area (Å²) in [6.07, 6.45) is 3.69. The van der Waals surface area contributed by atoms with Gasteiger partial charge < -0.3 is 16.4 Å². The molecule has 6 nitrogen and oxygen atoms in total. The summed E-state index contributed by atoms with van der Waals surface area (Å²) in [5.74, 6) is 0.183. The van der Waals surface area contributed by atoms with Crippen LogP contribution in [0.15, 0.2) is 24.4 Å². The molecule has 4 N–H and O–H groups in total. The molecule has 0 aliphatic carbocycles. The molecule has 0 radical (unpaired) electrons. The second-order valence-electron chi connectivity index (χ2n) is 6.37. The number of amides is 2. The van der Waals surface area contributed by atoms with E-state index in [0.29, 0.717) is 6.42 Å². The van der Waals surface area contributed by atoms with E-state index in [1.54, 1.807) is 6.20 Å². The predicted octanol–water partition coefficient (Wildman–Crippen LogP) is 1.68. The SMILES string of the molecule is CC(C)(C)[C@H](NC(=O)CCCCNc1ccccn1)C(N)=O. The normalized spacial score (nSPS) is 12.5. The van der Waals surface area contributed by atoms with Crippen LogP contribution in [0.4, 0.5) is 5.82 Å². The lowest BCUT2D eigenvalue weighted by Gasteiger charge is -2.28. The van der Waals surface area contributed by atoms with Gasteiger partial charge in [0.2, 0.25) is 11.8 Å². The number of anilines is 1. The Hall–Kier alpha value is -2.11. The fourth-order valence-corrected chi connectivity index (χ4v) is 2.04. The summed E-state index contributed by atoms with van der Waals surface area (Å²) in [5.41, 5.74) is 4.95. The lowest BCUT2D eigenvalue weighted by molar-refractivity contribution is -0.129. The van der Waals surface area contributed by atoms with E-state index in [2.05, 4.69) is 15.6 Å². The van der Waals surface area contributed by atoms with Gasteiger partial charge in [0.15, 0.2) is 0 Å².